The maximum absolute atomic E-state index is 3.73. The van der Waals surface area contributed by atoms with E-state index in [0.29, 0.717) is 0 Å². The molecule has 59 valence electrons. The van der Waals surface area contributed by atoms with Gasteiger partial charge in [0.05, 0.1) is 5.69 Å². The van der Waals surface area contributed by atoms with E-state index in [0.717, 1.165) is 5.69 Å². The SMILES string of the molecule is Cc1cccc(-n2[c]nnn2)c1. The van der Waals surface area contributed by atoms with Gasteiger partial charge in [-0.05, 0) is 35.0 Å². The fourth-order valence-electron chi connectivity index (χ4n) is 1.01. The second-order valence-electron chi connectivity index (χ2n) is 2.53. The molecule has 1 aromatic heterocycles. The van der Waals surface area contributed by atoms with E-state index >= 15 is 0 Å². The second-order valence-corrected chi connectivity index (χ2v) is 2.53. The number of hydrogen-bond donors (Lipinski definition) is 0. The molecule has 0 bridgehead atoms. The Morgan fingerprint density at radius 1 is 1.42 bits per heavy atom. The first kappa shape index (κ1) is 6.97. The van der Waals surface area contributed by atoms with Crippen LogP contribution in [0.3, 0.4) is 0 Å². The number of tetrazole rings is 1. The molecule has 0 fully saturated rings. The van der Waals surface area contributed by atoms with Crippen molar-refractivity contribution >= 4 is 0 Å². The van der Waals surface area contributed by atoms with Crippen LogP contribution in [-0.2, 0) is 0 Å². The van der Waals surface area contributed by atoms with Crippen molar-refractivity contribution in [2.45, 2.75) is 6.92 Å². The van der Waals surface area contributed by atoms with Crippen LogP contribution in [-0.4, -0.2) is 20.2 Å². The van der Waals surface area contributed by atoms with Gasteiger partial charge in [-0.3, -0.25) is 0 Å². The van der Waals surface area contributed by atoms with E-state index in [2.05, 4.69) is 21.9 Å². The molecular formula is C8H7N4. The minimum Gasteiger partial charge on any atom is -0.190 e. The zero-order valence-electron chi connectivity index (χ0n) is 6.60. The minimum absolute atomic E-state index is 0.931. The van der Waals surface area contributed by atoms with Gasteiger partial charge in [0.1, 0.15) is 0 Å². The van der Waals surface area contributed by atoms with Crippen LogP contribution in [0.25, 0.3) is 5.69 Å². The highest BCUT2D eigenvalue weighted by Gasteiger charge is 1.96. The first-order valence-corrected chi connectivity index (χ1v) is 3.59. The number of aryl methyl sites for hydroxylation is 1. The Hall–Kier alpha value is -1.71. The van der Waals surface area contributed by atoms with Crippen molar-refractivity contribution in [3.63, 3.8) is 0 Å². The Labute approximate surface area is 69.8 Å². The molecule has 1 aromatic carbocycles. The molecule has 0 saturated carbocycles. The molecule has 0 saturated heterocycles. The Morgan fingerprint density at radius 3 is 3.00 bits per heavy atom. The third-order valence-corrected chi connectivity index (χ3v) is 1.56. The lowest BCUT2D eigenvalue weighted by atomic mass is 10.2. The zero-order chi connectivity index (χ0) is 8.39. The van der Waals surface area contributed by atoms with E-state index in [-0.39, 0.29) is 0 Å². The van der Waals surface area contributed by atoms with Gasteiger partial charge in [-0.2, -0.15) is 4.68 Å². The van der Waals surface area contributed by atoms with Gasteiger partial charge < -0.3 is 0 Å². The summed E-state index contributed by atoms with van der Waals surface area (Å²) in [5.41, 5.74) is 2.11. The molecule has 4 nitrogen and oxygen atoms in total. The van der Waals surface area contributed by atoms with Gasteiger partial charge in [-0.1, -0.05) is 12.1 Å². The van der Waals surface area contributed by atoms with Crippen LogP contribution < -0.4 is 0 Å². The lowest BCUT2D eigenvalue weighted by molar-refractivity contribution is 0.787. The topological polar surface area (TPSA) is 43.6 Å². The van der Waals surface area contributed by atoms with Crippen LogP contribution in [0, 0.1) is 13.3 Å². The minimum atomic E-state index is 0.931. The highest BCUT2D eigenvalue weighted by molar-refractivity contribution is 5.33. The molecule has 0 unspecified atom stereocenters. The molecule has 4 heteroatoms. The Bertz CT molecular complexity index is 366. The van der Waals surface area contributed by atoms with Crippen LogP contribution in [0.5, 0.6) is 0 Å². The molecule has 1 heterocycles. The van der Waals surface area contributed by atoms with Crippen molar-refractivity contribution in [2.75, 3.05) is 0 Å². The molecule has 12 heavy (non-hydrogen) atoms. The summed E-state index contributed by atoms with van der Waals surface area (Å²) in [5, 5.41) is 10.7. The summed E-state index contributed by atoms with van der Waals surface area (Å²) in [6, 6.07) is 7.90. The molecule has 0 spiro atoms. The van der Waals surface area contributed by atoms with Crippen molar-refractivity contribution in [3.05, 3.63) is 36.2 Å². The van der Waals surface area contributed by atoms with Crippen LogP contribution in [0.4, 0.5) is 0 Å². The summed E-state index contributed by atoms with van der Waals surface area (Å²) in [7, 11) is 0. The molecule has 2 aromatic rings. The quantitative estimate of drug-likeness (QED) is 0.617. The molecule has 0 amide bonds. The lowest BCUT2D eigenvalue weighted by Gasteiger charge is -1.98. The largest absolute Gasteiger partial charge is 0.226 e. The normalized spacial score (nSPS) is 10.1. The fraction of sp³-hybridized carbons (Fsp3) is 0.125. The Morgan fingerprint density at radius 2 is 2.33 bits per heavy atom. The summed E-state index contributed by atoms with van der Waals surface area (Å²) in [6.45, 7) is 2.02. The molecular weight excluding hydrogens is 152 g/mol. The second kappa shape index (κ2) is 2.73. The predicted molar refractivity (Wildman–Crippen MR) is 42.7 cm³/mol. The summed E-state index contributed by atoms with van der Waals surface area (Å²) in [5.74, 6) is 0. The molecule has 0 atom stereocenters. The standard InChI is InChI=1S/C8H7N4/c1-7-3-2-4-8(5-7)12-6-9-10-11-12/h2-5H,1H3. The van der Waals surface area contributed by atoms with Gasteiger partial charge in [0, 0.05) is 0 Å². The number of aromatic nitrogens is 4. The van der Waals surface area contributed by atoms with Crippen molar-refractivity contribution in [1.29, 1.82) is 0 Å². The van der Waals surface area contributed by atoms with Gasteiger partial charge >= 0.3 is 0 Å². The summed E-state index contributed by atoms with van der Waals surface area (Å²) in [6.07, 6.45) is 2.63. The van der Waals surface area contributed by atoms with E-state index in [9.17, 15) is 0 Å². The Balaban J connectivity index is 2.48. The lowest BCUT2D eigenvalue weighted by Crippen LogP contribution is -1.95. The number of hydrogen-bond acceptors (Lipinski definition) is 3. The van der Waals surface area contributed by atoms with Gasteiger partial charge in [0.25, 0.3) is 0 Å². The monoisotopic (exact) mass is 159 g/mol. The van der Waals surface area contributed by atoms with Crippen LogP contribution in [0.1, 0.15) is 5.56 Å². The highest BCUT2D eigenvalue weighted by atomic mass is 15.5. The molecule has 0 aliphatic heterocycles. The molecule has 0 N–H and O–H groups in total. The first-order valence-electron chi connectivity index (χ1n) is 3.59. The number of benzene rings is 1. The van der Waals surface area contributed by atoms with E-state index in [1.54, 1.807) is 0 Å². The number of nitrogens with zero attached hydrogens (tertiary/aromatic N) is 4. The third kappa shape index (κ3) is 1.18. The molecule has 0 aliphatic carbocycles. The smallest absolute Gasteiger partial charge is 0.190 e. The van der Waals surface area contributed by atoms with Crippen LogP contribution in [0.15, 0.2) is 24.3 Å². The summed E-state index contributed by atoms with van der Waals surface area (Å²) >= 11 is 0. The first-order chi connectivity index (χ1) is 5.86. The Kier molecular flexibility index (Phi) is 1.59. The van der Waals surface area contributed by atoms with Gasteiger partial charge in [-0.15, -0.1) is 5.10 Å². The predicted octanol–water partition coefficient (Wildman–Crippen LogP) is 0.771. The van der Waals surface area contributed by atoms with Crippen molar-refractivity contribution < 1.29 is 0 Å². The van der Waals surface area contributed by atoms with Gasteiger partial charge in [-0.25, -0.2) is 0 Å². The van der Waals surface area contributed by atoms with Gasteiger partial charge in [0.15, 0.2) is 0 Å². The summed E-state index contributed by atoms with van der Waals surface area (Å²) in [4.78, 5) is 0. The van der Waals surface area contributed by atoms with Crippen LogP contribution >= 0.6 is 0 Å². The maximum atomic E-state index is 3.73. The zero-order valence-corrected chi connectivity index (χ0v) is 6.60. The van der Waals surface area contributed by atoms with Crippen molar-refractivity contribution in [3.8, 4) is 5.69 Å². The average molecular weight is 159 g/mol. The van der Waals surface area contributed by atoms with E-state index < -0.39 is 0 Å². The van der Waals surface area contributed by atoms with E-state index in [4.69, 9.17) is 0 Å². The van der Waals surface area contributed by atoms with Crippen LogP contribution in [0.2, 0.25) is 0 Å². The maximum Gasteiger partial charge on any atom is 0.226 e. The summed E-state index contributed by atoms with van der Waals surface area (Å²) < 4.78 is 1.51. The van der Waals surface area contributed by atoms with Gasteiger partial charge in [0.2, 0.25) is 6.33 Å². The van der Waals surface area contributed by atoms with Crippen molar-refractivity contribution in [1.82, 2.24) is 20.2 Å². The fourth-order valence-corrected chi connectivity index (χ4v) is 1.01. The number of rotatable bonds is 1. The third-order valence-electron chi connectivity index (χ3n) is 1.56. The average Bonchev–Trinajstić information content (AvgIpc) is 2.56. The van der Waals surface area contributed by atoms with E-state index in [1.165, 1.54) is 10.2 Å². The van der Waals surface area contributed by atoms with Crippen molar-refractivity contribution in [2.24, 2.45) is 0 Å². The molecule has 0 aliphatic rings. The van der Waals surface area contributed by atoms with E-state index in [1.807, 2.05) is 31.2 Å². The molecule has 2 rings (SSSR count). The highest BCUT2D eigenvalue weighted by Crippen LogP contribution is 2.06. The molecule has 1 radical (unpaired) electrons.